The summed E-state index contributed by atoms with van der Waals surface area (Å²) in [6, 6.07) is 5.51. The Bertz CT molecular complexity index is 1060. The molecule has 3 aromatic rings. The third-order valence-electron chi connectivity index (χ3n) is 3.63. The van der Waals surface area contributed by atoms with Gasteiger partial charge >= 0.3 is 6.18 Å². The van der Waals surface area contributed by atoms with Crippen LogP contribution in [0, 0.1) is 10.1 Å². The first-order chi connectivity index (χ1) is 13.1. The number of nitrogens with one attached hydrogen (secondary N) is 1. The van der Waals surface area contributed by atoms with Gasteiger partial charge in [-0.05, 0) is 18.2 Å². The van der Waals surface area contributed by atoms with Crippen LogP contribution >= 0.6 is 0 Å². The zero-order valence-electron chi connectivity index (χ0n) is 13.8. The summed E-state index contributed by atoms with van der Waals surface area (Å²) in [6.07, 6.45) is -0.910. The second kappa shape index (κ2) is 6.98. The van der Waals surface area contributed by atoms with Crippen LogP contribution in [0.5, 0.6) is 0 Å². The third kappa shape index (κ3) is 3.90. The van der Waals surface area contributed by atoms with E-state index in [0.717, 1.165) is 24.4 Å². The number of nitro groups is 1. The maximum absolute atomic E-state index is 12.8. The number of primary amides is 1. The van der Waals surface area contributed by atoms with Gasteiger partial charge in [-0.2, -0.15) is 18.3 Å². The number of anilines is 2. The van der Waals surface area contributed by atoms with E-state index < -0.39 is 28.3 Å². The number of pyridine rings is 1. The fourth-order valence-electron chi connectivity index (χ4n) is 2.33. The predicted octanol–water partition coefficient (Wildman–Crippen LogP) is 3.04. The fraction of sp³-hybridized carbons (Fsp3) is 0.0625. The summed E-state index contributed by atoms with van der Waals surface area (Å²) < 4.78 is 39.7. The van der Waals surface area contributed by atoms with Gasteiger partial charge in [0, 0.05) is 6.07 Å². The number of halogens is 3. The van der Waals surface area contributed by atoms with E-state index in [1.54, 1.807) is 0 Å². The molecule has 3 N–H and O–H groups in total. The maximum atomic E-state index is 12.8. The highest BCUT2D eigenvalue weighted by Crippen LogP contribution is 2.30. The van der Waals surface area contributed by atoms with Crippen molar-refractivity contribution in [3.05, 3.63) is 70.2 Å². The summed E-state index contributed by atoms with van der Waals surface area (Å²) in [4.78, 5) is 25.4. The van der Waals surface area contributed by atoms with E-state index in [4.69, 9.17) is 5.73 Å². The molecule has 0 spiro atoms. The van der Waals surface area contributed by atoms with E-state index in [-0.39, 0.29) is 22.8 Å². The molecule has 0 radical (unpaired) electrons. The Morgan fingerprint density at radius 3 is 2.64 bits per heavy atom. The van der Waals surface area contributed by atoms with Gasteiger partial charge in [-0.25, -0.2) is 9.67 Å². The average molecular weight is 392 g/mol. The molecule has 144 valence electrons. The minimum atomic E-state index is -4.50. The van der Waals surface area contributed by atoms with Crippen molar-refractivity contribution >= 4 is 23.1 Å². The molecule has 0 aliphatic heterocycles. The molecule has 0 unspecified atom stereocenters. The Labute approximate surface area is 154 Å². The number of alkyl halides is 3. The molecule has 0 fully saturated rings. The highest BCUT2D eigenvalue weighted by Gasteiger charge is 2.30. The van der Waals surface area contributed by atoms with Gasteiger partial charge < -0.3 is 11.1 Å². The Kier molecular flexibility index (Phi) is 4.69. The van der Waals surface area contributed by atoms with Crippen LogP contribution in [0.4, 0.5) is 30.4 Å². The molecule has 1 amide bonds. The summed E-state index contributed by atoms with van der Waals surface area (Å²) >= 11 is 0. The van der Waals surface area contributed by atoms with E-state index in [9.17, 15) is 28.1 Å². The minimum Gasteiger partial charge on any atom is -0.365 e. The van der Waals surface area contributed by atoms with Crippen LogP contribution in [-0.2, 0) is 6.18 Å². The molecule has 0 saturated heterocycles. The Hall–Kier alpha value is -3.96. The van der Waals surface area contributed by atoms with Gasteiger partial charge in [0.2, 0.25) is 0 Å². The number of nitrogens with zero attached hydrogens (tertiary/aromatic N) is 4. The zero-order valence-corrected chi connectivity index (χ0v) is 13.8. The number of carbonyl (C=O) groups excluding carboxylic acids is 1. The monoisotopic (exact) mass is 392 g/mol. The van der Waals surface area contributed by atoms with E-state index in [1.165, 1.54) is 29.2 Å². The lowest BCUT2D eigenvalue weighted by Crippen LogP contribution is -2.14. The van der Waals surface area contributed by atoms with Crippen molar-refractivity contribution in [3.63, 3.8) is 0 Å². The molecular weight excluding hydrogens is 381 g/mol. The lowest BCUT2D eigenvalue weighted by atomic mass is 10.2. The number of nitrogens with two attached hydrogens (primary N) is 1. The smallest absolute Gasteiger partial charge is 0.365 e. The Morgan fingerprint density at radius 1 is 1.25 bits per heavy atom. The molecule has 0 aliphatic rings. The minimum absolute atomic E-state index is 0.0540. The molecule has 0 atom stereocenters. The number of aromatic nitrogens is 3. The molecule has 2 heterocycles. The first kappa shape index (κ1) is 18.8. The molecule has 9 nitrogen and oxygen atoms in total. The number of hydrogen-bond donors (Lipinski definition) is 2. The standard InChI is InChI=1S/C16H11F3N6O3/c17-16(18,19)9-2-1-3-11(4-9)24-8-10(6-22-24)23-15-13(14(20)26)5-12(7-21-15)25(27)28/h1-8H,(H2,20,26)(H,21,23). The first-order valence-electron chi connectivity index (χ1n) is 7.59. The van der Waals surface area contributed by atoms with Crippen LogP contribution in [-0.4, -0.2) is 25.6 Å². The summed E-state index contributed by atoms with van der Waals surface area (Å²) in [7, 11) is 0. The SMILES string of the molecule is NC(=O)c1cc([N+](=O)[O-])cnc1Nc1cnn(-c2cccc(C(F)(F)F)c2)c1. The van der Waals surface area contributed by atoms with Gasteiger partial charge in [0.05, 0.1) is 39.8 Å². The largest absolute Gasteiger partial charge is 0.416 e. The molecule has 12 heteroatoms. The molecule has 28 heavy (non-hydrogen) atoms. The summed E-state index contributed by atoms with van der Waals surface area (Å²) in [5.74, 6) is -0.995. The second-order valence-electron chi connectivity index (χ2n) is 5.56. The van der Waals surface area contributed by atoms with Crippen molar-refractivity contribution in [3.8, 4) is 5.69 Å². The Morgan fingerprint density at radius 2 is 2.00 bits per heavy atom. The molecule has 3 rings (SSSR count). The summed E-state index contributed by atoms with van der Waals surface area (Å²) in [5.41, 5.74) is 4.19. The van der Waals surface area contributed by atoms with Gasteiger partial charge in [-0.15, -0.1) is 0 Å². The van der Waals surface area contributed by atoms with Crippen LogP contribution in [0.1, 0.15) is 15.9 Å². The van der Waals surface area contributed by atoms with Crippen LogP contribution in [0.2, 0.25) is 0 Å². The van der Waals surface area contributed by atoms with Gasteiger partial charge in [-0.1, -0.05) is 6.07 Å². The van der Waals surface area contributed by atoms with Crippen LogP contribution in [0.25, 0.3) is 5.69 Å². The van der Waals surface area contributed by atoms with Gasteiger partial charge in [0.1, 0.15) is 12.0 Å². The third-order valence-corrected chi connectivity index (χ3v) is 3.63. The van der Waals surface area contributed by atoms with Crippen molar-refractivity contribution in [2.24, 2.45) is 5.73 Å². The molecule has 0 saturated carbocycles. The van der Waals surface area contributed by atoms with Gasteiger partial charge in [-0.3, -0.25) is 14.9 Å². The Balaban J connectivity index is 1.90. The number of benzene rings is 1. The highest BCUT2D eigenvalue weighted by atomic mass is 19.4. The lowest BCUT2D eigenvalue weighted by molar-refractivity contribution is -0.385. The van der Waals surface area contributed by atoms with E-state index in [2.05, 4.69) is 15.4 Å². The zero-order chi connectivity index (χ0) is 20.5. The van der Waals surface area contributed by atoms with Crippen molar-refractivity contribution < 1.29 is 22.9 Å². The molecule has 2 aromatic heterocycles. The van der Waals surface area contributed by atoms with Crippen LogP contribution in [0.15, 0.2) is 48.9 Å². The quantitative estimate of drug-likeness (QED) is 0.507. The van der Waals surface area contributed by atoms with Gasteiger partial charge in [0.15, 0.2) is 0 Å². The summed E-state index contributed by atoms with van der Waals surface area (Å²) in [6.45, 7) is 0. The average Bonchev–Trinajstić information content (AvgIpc) is 3.09. The predicted molar refractivity (Wildman–Crippen MR) is 91.3 cm³/mol. The van der Waals surface area contributed by atoms with Crippen molar-refractivity contribution in [1.82, 2.24) is 14.8 Å². The number of rotatable bonds is 5. The lowest BCUT2D eigenvalue weighted by Gasteiger charge is -2.09. The topological polar surface area (TPSA) is 129 Å². The van der Waals surface area contributed by atoms with E-state index in [1.807, 2.05) is 0 Å². The number of hydrogen-bond acceptors (Lipinski definition) is 6. The summed E-state index contributed by atoms with van der Waals surface area (Å²) in [5, 5.41) is 17.5. The van der Waals surface area contributed by atoms with E-state index >= 15 is 0 Å². The fourth-order valence-corrected chi connectivity index (χ4v) is 2.33. The number of carbonyl (C=O) groups is 1. The highest BCUT2D eigenvalue weighted by molar-refractivity contribution is 5.98. The van der Waals surface area contributed by atoms with Crippen LogP contribution in [0.3, 0.4) is 0 Å². The maximum Gasteiger partial charge on any atom is 0.416 e. The normalized spacial score (nSPS) is 11.2. The first-order valence-corrected chi connectivity index (χ1v) is 7.59. The van der Waals surface area contributed by atoms with Gasteiger partial charge in [0.25, 0.3) is 11.6 Å². The van der Waals surface area contributed by atoms with E-state index in [0.29, 0.717) is 0 Å². The molecular formula is C16H11F3N6O3. The molecule has 1 aromatic carbocycles. The molecule has 0 bridgehead atoms. The van der Waals surface area contributed by atoms with Crippen molar-refractivity contribution in [2.45, 2.75) is 6.18 Å². The van der Waals surface area contributed by atoms with Crippen LogP contribution < -0.4 is 11.1 Å². The van der Waals surface area contributed by atoms with Crippen molar-refractivity contribution in [2.75, 3.05) is 5.32 Å². The second-order valence-corrected chi connectivity index (χ2v) is 5.56. The van der Waals surface area contributed by atoms with Crippen molar-refractivity contribution in [1.29, 1.82) is 0 Å². The number of amides is 1. The molecule has 0 aliphatic carbocycles.